The molecule has 0 bridgehead atoms. The quantitative estimate of drug-likeness (QED) is 0.188. The molecule has 0 aliphatic carbocycles. The first-order valence-electron chi connectivity index (χ1n) is 9.58. The largest absolute Gasteiger partial charge is 0.497 e. The molecule has 5 rings (SSSR count). The lowest BCUT2D eigenvalue weighted by atomic mass is 10.0. The van der Waals surface area contributed by atoms with Gasteiger partial charge in [0.25, 0.3) is 0 Å². The highest BCUT2D eigenvalue weighted by atomic mass is 35.5. The number of hydrogen-bond donors (Lipinski definition) is 1. The molecule has 0 radical (unpaired) electrons. The fourth-order valence-electron chi connectivity index (χ4n) is 3.42. The number of fused-ring (bicyclic) bond motifs is 2. The van der Waals surface area contributed by atoms with Gasteiger partial charge in [-0.25, -0.2) is 9.97 Å². The molecule has 2 aromatic heterocycles. The molecule has 0 saturated carbocycles. The lowest BCUT2D eigenvalue weighted by molar-refractivity contribution is 0.415. The Balaban J connectivity index is 1.38. The third kappa shape index (κ3) is 3.95. The first-order valence-corrected chi connectivity index (χ1v) is 10.8. The lowest BCUT2D eigenvalue weighted by Gasteiger charge is -2.04. The highest BCUT2D eigenvalue weighted by molar-refractivity contribution is 7.14. The van der Waals surface area contributed by atoms with E-state index < -0.39 is 0 Å². The molecule has 5 aromatic rings. The highest BCUT2D eigenvalue weighted by Gasteiger charge is 2.08. The fourth-order valence-corrected chi connectivity index (χ4v) is 4.27. The van der Waals surface area contributed by atoms with E-state index in [0.717, 1.165) is 27.9 Å². The summed E-state index contributed by atoms with van der Waals surface area (Å²) in [6.07, 6.45) is 1.65. The van der Waals surface area contributed by atoms with E-state index in [4.69, 9.17) is 16.3 Å². The number of nitrogens with one attached hydrogen (secondary N) is 1. The third-order valence-electron chi connectivity index (χ3n) is 4.94. The number of hydrogen-bond acceptors (Lipinski definition) is 6. The highest BCUT2D eigenvalue weighted by Crippen LogP contribution is 2.31. The Hall–Kier alpha value is -3.48. The molecule has 5 nitrogen and oxygen atoms in total. The molecular weight excluding hydrogens is 428 g/mol. The predicted molar refractivity (Wildman–Crippen MR) is 130 cm³/mol. The number of hydrazone groups is 1. The Morgan fingerprint density at radius 2 is 1.87 bits per heavy atom. The number of methoxy groups -OCH3 is 1. The van der Waals surface area contributed by atoms with Crippen LogP contribution in [0.25, 0.3) is 32.9 Å². The summed E-state index contributed by atoms with van der Waals surface area (Å²) in [4.78, 5) is 9.11. The Morgan fingerprint density at radius 3 is 2.77 bits per heavy atom. The first kappa shape index (κ1) is 19.5. The van der Waals surface area contributed by atoms with Crippen LogP contribution < -0.4 is 10.2 Å². The lowest BCUT2D eigenvalue weighted by Crippen LogP contribution is -1.93. The van der Waals surface area contributed by atoms with Gasteiger partial charge in [-0.3, -0.25) is 5.43 Å². The van der Waals surface area contributed by atoms with Gasteiger partial charge >= 0.3 is 0 Å². The van der Waals surface area contributed by atoms with E-state index in [1.54, 1.807) is 13.3 Å². The number of pyridine rings is 1. The normalized spacial score (nSPS) is 11.4. The summed E-state index contributed by atoms with van der Waals surface area (Å²) >= 11 is 7.82. The number of halogens is 1. The van der Waals surface area contributed by atoms with Gasteiger partial charge in [-0.2, -0.15) is 5.10 Å². The van der Waals surface area contributed by atoms with Crippen molar-refractivity contribution in [3.05, 3.63) is 82.8 Å². The number of aromatic nitrogens is 2. The minimum atomic E-state index is 0.388. The summed E-state index contributed by atoms with van der Waals surface area (Å²) in [5.74, 6) is 0.765. The number of ether oxygens (including phenoxy) is 1. The minimum Gasteiger partial charge on any atom is -0.497 e. The molecule has 0 fully saturated rings. The molecule has 31 heavy (non-hydrogen) atoms. The van der Waals surface area contributed by atoms with Crippen molar-refractivity contribution in [2.75, 3.05) is 12.5 Å². The molecule has 2 heterocycles. The number of thiazole rings is 1. The molecule has 152 valence electrons. The van der Waals surface area contributed by atoms with E-state index in [2.05, 4.69) is 44.8 Å². The molecular formula is C24H17ClN4OS. The summed E-state index contributed by atoms with van der Waals surface area (Å²) in [6, 6.07) is 22.1. The van der Waals surface area contributed by atoms with Crippen LogP contribution in [0.2, 0.25) is 5.15 Å². The zero-order valence-electron chi connectivity index (χ0n) is 16.5. The SMILES string of the molecule is COc1ccc2nc(Cl)c(/C=N/Nc3nc(-c4cccc5ccccc45)cs3)cc2c1. The van der Waals surface area contributed by atoms with Crippen LogP contribution in [-0.4, -0.2) is 23.3 Å². The van der Waals surface area contributed by atoms with Gasteiger partial charge in [0.05, 0.1) is 24.5 Å². The van der Waals surface area contributed by atoms with Crippen LogP contribution in [0.5, 0.6) is 5.75 Å². The van der Waals surface area contributed by atoms with E-state index in [0.29, 0.717) is 15.8 Å². The first-order chi connectivity index (χ1) is 15.2. The van der Waals surface area contributed by atoms with Crippen molar-refractivity contribution in [2.24, 2.45) is 5.10 Å². The monoisotopic (exact) mass is 444 g/mol. The van der Waals surface area contributed by atoms with Crippen molar-refractivity contribution in [2.45, 2.75) is 0 Å². The number of nitrogens with zero attached hydrogens (tertiary/aromatic N) is 3. The Morgan fingerprint density at radius 1 is 1.00 bits per heavy atom. The second-order valence-electron chi connectivity index (χ2n) is 6.86. The van der Waals surface area contributed by atoms with Crippen molar-refractivity contribution in [3.8, 4) is 17.0 Å². The average molecular weight is 445 g/mol. The Bertz CT molecular complexity index is 1420. The van der Waals surface area contributed by atoms with Gasteiger partial charge in [-0.1, -0.05) is 54.1 Å². The van der Waals surface area contributed by atoms with E-state index >= 15 is 0 Å². The maximum atomic E-state index is 6.32. The maximum absolute atomic E-state index is 6.32. The van der Waals surface area contributed by atoms with Crippen LogP contribution >= 0.6 is 22.9 Å². The molecule has 0 amide bonds. The molecule has 7 heteroatoms. The fraction of sp³-hybridized carbons (Fsp3) is 0.0417. The zero-order valence-corrected chi connectivity index (χ0v) is 18.1. The molecule has 0 aliphatic rings. The standard InChI is InChI=1S/C24H17ClN4OS/c1-30-18-9-10-21-16(12-18)11-17(23(25)27-21)13-26-29-24-28-22(14-31-24)20-8-4-6-15-5-2-3-7-19(15)20/h2-14H,1H3,(H,28,29)/b26-13+. The zero-order chi connectivity index (χ0) is 21.2. The van der Waals surface area contributed by atoms with Crippen LogP contribution in [0.4, 0.5) is 5.13 Å². The summed E-state index contributed by atoms with van der Waals surface area (Å²) < 4.78 is 5.28. The second kappa shape index (κ2) is 8.34. The summed E-state index contributed by atoms with van der Waals surface area (Å²) in [6.45, 7) is 0. The van der Waals surface area contributed by atoms with Gasteiger partial charge in [0.1, 0.15) is 10.9 Å². The van der Waals surface area contributed by atoms with Crippen LogP contribution in [0.15, 0.2) is 77.2 Å². The molecule has 1 N–H and O–H groups in total. The van der Waals surface area contributed by atoms with Crippen molar-refractivity contribution >= 4 is 56.0 Å². The van der Waals surface area contributed by atoms with Crippen LogP contribution in [0.3, 0.4) is 0 Å². The Kier molecular flexibility index (Phi) is 5.24. The smallest absolute Gasteiger partial charge is 0.203 e. The van der Waals surface area contributed by atoms with E-state index in [-0.39, 0.29) is 0 Å². The van der Waals surface area contributed by atoms with E-state index in [9.17, 15) is 0 Å². The number of benzene rings is 3. The minimum absolute atomic E-state index is 0.388. The predicted octanol–water partition coefficient (Wildman–Crippen LogP) is 6.62. The van der Waals surface area contributed by atoms with E-state index in [1.807, 2.05) is 47.8 Å². The van der Waals surface area contributed by atoms with Gasteiger partial charge < -0.3 is 4.74 Å². The molecule has 3 aromatic carbocycles. The number of anilines is 1. The van der Waals surface area contributed by atoms with Crippen LogP contribution in [0, 0.1) is 0 Å². The molecule has 0 spiro atoms. The van der Waals surface area contributed by atoms with Gasteiger partial charge in [0, 0.05) is 21.9 Å². The van der Waals surface area contributed by atoms with Crippen LogP contribution in [-0.2, 0) is 0 Å². The van der Waals surface area contributed by atoms with Crippen molar-refractivity contribution in [1.29, 1.82) is 0 Å². The van der Waals surface area contributed by atoms with Crippen LogP contribution in [0.1, 0.15) is 5.56 Å². The summed E-state index contributed by atoms with van der Waals surface area (Å²) in [5.41, 5.74) is 6.52. The number of rotatable bonds is 5. The second-order valence-corrected chi connectivity index (χ2v) is 8.08. The third-order valence-corrected chi connectivity index (χ3v) is 5.99. The Labute approximate surface area is 188 Å². The topological polar surface area (TPSA) is 59.4 Å². The maximum Gasteiger partial charge on any atom is 0.203 e. The van der Waals surface area contributed by atoms with Gasteiger partial charge in [-0.05, 0) is 35.0 Å². The molecule has 0 unspecified atom stereocenters. The summed E-state index contributed by atoms with van der Waals surface area (Å²) in [5, 5.41) is 10.7. The molecule has 0 atom stereocenters. The molecule has 0 saturated heterocycles. The van der Waals surface area contributed by atoms with Crippen molar-refractivity contribution in [3.63, 3.8) is 0 Å². The van der Waals surface area contributed by atoms with Gasteiger partial charge in [0.2, 0.25) is 5.13 Å². The average Bonchev–Trinajstić information content (AvgIpc) is 3.27. The molecule has 0 aliphatic heterocycles. The van der Waals surface area contributed by atoms with E-state index in [1.165, 1.54) is 22.1 Å². The van der Waals surface area contributed by atoms with Crippen molar-refractivity contribution in [1.82, 2.24) is 9.97 Å². The van der Waals surface area contributed by atoms with Gasteiger partial charge in [-0.15, -0.1) is 11.3 Å². The van der Waals surface area contributed by atoms with Gasteiger partial charge in [0.15, 0.2) is 0 Å². The summed E-state index contributed by atoms with van der Waals surface area (Å²) in [7, 11) is 1.64. The van der Waals surface area contributed by atoms with Crippen molar-refractivity contribution < 1.29 is 4.74 Å².